The molecule has 0 aliphatic carbocycles. The van der Waals surface area contributed by atoms with Crippen molar-refractivity contribution >= 4 is 11.8 Å². The van der Waals surface area contributed by atoms with E-state index in [0.29, 0.717) is 0 Å². The molecule has 0 N–H and O–H groups in total. The van der Waals surface area contributed by atoms with Gasteiger partial charge in [0.05, 0.1) is 7.11 Å². The molecule has 1 heterocycles. The Morgan fingerprint density at radius 1 is 1.50 bits per heavy atom. The monoisotopic (exact) mass is 294 g/mol. The van der Waals surface area contributed by atoms with Gasteiger partial charge in [-0.3, -0.25) is 4.79 Å². The van der Waals surface area contributed by atoms with Gasteiger partial charge >= 0.3 is 18.1 Å². The molecule has 0 aliphatic rings. The highest BCUT2D eigenvalue weighted by Gasteiger charge is 2.35. The second kappa shape index (κ2) is 5.72. The fourth-order valence-corrected chi connectivity index (χ4v) is 1.39. The van der Waals surface area contributed by atoms with Crippen molar-refractivity contribution in [1.29, 1.82) is 0 Å². The number of carbonyl (C=O) groups excluding carboxylic acids is 1. The molecule has 7 nitrogen and oxygen atoms in total. The Morgan fingerprint density at radius 3 is 2.55 bits per heavy atom. The summed E-state index contributed by atoms with van der Waals surface area (Å²) >= 11 is 0. The molecular weight excluding hydrogens is 285 g/mol. The molecule has 0 aromatic carbocycles. The van der Waals surface area contributed by atoms with Gasteiger partial charge in [0, 0.05) is 11.6 Å². The van der Waals surface area contributed by atoms with Gasteiger partial charge in [-0.2, -0.15) is 0 Å². The van der Waals surface area contributed by atoms with Crippen LogP contribution in [0, 0.1) is 17.0 Å². The van der Waals surface area contributed by atoms with Gasteiger partial charge in [-0.1, -0.05) is 0 Å². The highest BCUT2D eigenvalue weighted by molar-refractivity contribution is 5.73. The predicted octanol–water partition coefficient (Wildman–Crippen LogP) is 1.91. The molecule has 0 atom stereocenters. The Labute approximate surface area is 110 Å². The highest BCUT2D eigenvalue weighted by Crippen LogP contribution is 2.31. The number of carbonyl (C=O) groups is 1. The lowest BCUT2D eigenvalue weighted by Gasteiger charge is -2.12. The van der Waals surface area contributed by atoms with Gasteiger partial charge in [-0.15, -0.1) is 13.2 Å². The fourth-order valence-electron chi connectivity index (χ4n) is 1.39. The third-order valence-corrected chi connectivity index (χ3v) is 2.16. The number of aromatic nitrogens is 1. The molecule has 0 saturated heterocycles. The predicted molar refractivity (Wildman–Crippen MR) is 58.0 cm³/mol. The molecule has 0 unspecified atom stereocenters. The SMILES string of the molecule is COC(=O)Cc1nc([N+](=O)[O-])cc(C)c1OC(F)(F)F. The minimum atomic E-state index is -5.01. The van der Waals surface area contributed by atoms with Gasteiger partial charge in [0.15, 0.2) is 5.75 Å². The second-order valence-corrected chi connectivity index (χ2v) is 3.63. The van der Waals surface area contributed by atoms with E-state index in [-0.39, 0.29) is 5.56 Å². The molecule has 1 aromatic heterocycles. The van der Waals surface area contributed by atoms with Gasteiger partial charge in [0.25, 0.3) is 0 Å². The first-order chi connectivity index (χ1) is 9.14. The van der Waals surface area contributed by atoms with Crippen molar-refractivity contribution in [2.45, 2.75) is 19.7 Å². The summed E-state index contributed by atoms with van der Waals surface area (Å²) < 4.78 is 44.9. The molecule has 10 heteroatoms. The van der Waals surface area contributed by atoms with Crippen molar-refractivity contribution < 1.29 is 32.4 Å². The Kier molecular flexibility index (Phi) is 4.48. The fraction of sp³-hybridized carbons (Fsp3) is 0.400. The number of methoxy groups -OCH3 is 1. The molecule has 20 heavy (non-hydrogen) atoms. The first kappa shape index (κ1) is 15.7. The zero-order valence-electron chi connectivity index (χ0n) is 10.4. The van der Waals surface area contributed by atoms with Crippen molar-refractivity contribution in [3.63, 3.8) is 0 Å². The minimum absolute atomic E-state index is 0.164. The average molecular weight is 294 g/mol. The van der Waals surface area contributed by atoms with Crippen molar-refractivity contribution in [1.82, 2.24) is 4.98 Å². The van der Waals surface area contributed by atoms with E-state index >= 15 is 0 Å². The Morgan fingerprint density at radius 2 is 2.10 bits per heavy atom. The zero-order chi connectivity index (χ0) is 15.5. The summed E-state index contributed by atoms with van der Waals surface area (Å²) in [5.74, 6) is -2.33. The van der Waals surface area contributed by atoms with Crippen LogP contribution in [-0.4, -0.2) is 29.3 Å². The molecule has 0 spiro atoms. The number of rotatable bonds is 4. The molecule has 1 aromatic rings. The molecule has 0 bridgehead atoms. The van der Waals surface area contributed by atoms with Crippen LogP contribution < -0.4 is 4.74 Å². The first-order valence-corrected chi connectivity index (χ1v) is 5.11. The van der Waals surface area contributed by atoms with Gasteiger partial charge in [-0.25, -0.2) is 0 Å². The van der Waals surface area contributed by atoms with E-state index in [2.05, 4.69) is 14.5 Å². The number of hydrogen-bond donors (Lipinski definition) is 0. The second-order valence-electron chi connectivity index (χ2n) is 3.63. The smallest absolute Gasteiger partial charge is 0.469 e. The maximum Gasteiger partial charge on any atom is 0.573 e. The van der Waals surface area contributed by atoms with Gasteiger partial charge in [0.1, 0.15) is 6.42 Å². The topological polar surface area (TPSA) is 91.6 Å². The quantitative estimate of drug-likeness (QED) is 0.478. The summed E-state index contributed by atoms with van der Waals surface area (Å²) in [6, 6.07) is 0.821. The van der Waals surface area contributed by atoms with Crippen LogP contribution >= 0.6 is 0 Å². The van der Waals surface area contributed by atoms with Crippen molar-refractivity contribution in [2.24, 2.45) is 0 Å². The number of hydrogen-bond acceptors (Lipinski definition) is 6. The first-order valence-electron chi connectivity index (χ1n) is 5.11. The zero-order valence-corrected chi connectivity index (χ0v) is 10.4. The summed E-state index contributed by atoms with van der Waals surface area (Å²) in [5.41, 5.74) is -0.677. The molecule has 1 rings (SSSR count). The van der Waals surface area contributed by atoms with E-state index in [1.807, 2.05) is 0 Å². The van der Waals surface area contributed by atoms with Gasteiger partial charge in [0.2, 0.25) is 5.69 Å². The lowest BCUT2D eigenvalue weighted by atomic mass is 10.1. The lowest BCUT2D eigenvalue weighted by Crippen LogP contribution is -2.20. The van der Waals surface area contributed by atoms with Crippen LogP contribution in [0.25, 0.3) is 0 Å². The molecule has 0 aliphatic heterocycles. The Bertz CT molecular complexity index is 544. The number of ether oxygens (including phenoxy) is 2. The van der Waals surface area contributed by atoms with E-state index < -0.39 is 40.9 Å². The van der Waals surface area contributed by atoms with E-state index in [0.717, 1.165) is 13.2 Å². The molecule has 0 amide bonds. The molecule has 110 valence electrons. The summed E-state index contributed by atoms with van der Waals surface area (Å²) in [6.07, 6.45) is -5.68. The number of alkyl halides is 3. The van der Waals surface area contributed by atoms with E-state index in [1.165, 1.54) is 6.92 Å². The third kappa shape index (κ3) is 4.07. The van der Waals surface area contributed by atoms with Crippen LogP contribution in [-0.2, 0) is 16.0 Å². The number of nitro groups is 1. The largest absolute Gasteiger partial charge is 0.573 e. The van der Waals surface area contributed by atoms with Crippen LogP contribution in [0.4, 0.5) is 19.0 Å². The van der Waals surface area contributed by atoms with E-state index in [9.17, 15) is 28.1 Å². The molecule has 0 fully saturated rings. The van der Waals surface area contributed by atoms with Gasteiger partial charge < -0.3 is 19.6 Å². The van der Waals surface area contributed by atoms with Crippen LogP contribution in [0.3, 0.4) is 0 Å². The summed E-state index contributed by atoms with van der Waals surface area (Å²) in [4.78, 5) is 24.2. The maximum atomic E-state index is 12.3. The number of nitrogens with zero attached hydrogens (tertiary/aromatic N) is 2. The molecule has 0 radical (unpaired) electrons. The van der Waals surface area contributed by atoms with Gasteiger partial charge in [-0.05, 0) is 16.8 Å². The van der Waals surface area contributed by atoms with Crippen molar-refractivity contribution in [2.75, 3.05) is 7.11 Å². The van der Waals surface area contributed by atoms with Crippen LogP contribution in [0.5, 0.6) is 5.75 Å². The maximum absolute atomic E-state index is 12.3. The minimum Gasteiger partial charge on any atom is -0.469 e. The summed E-state index contributed by atoms with van der Waals surface area (Å²) in [6.45, 7) is 1.18. The molecular formula is C10H9F3N2O5. The van der Waals surface area contributed by atoms with E-state index in [1.54, 1.807) is 0 Å². The van der Waals surface area contributed by atoms with Crippen LogP contribution in [0.2, 0.25) is 0 Å². The average Bonchev–Trinajstić information content (AvgIpc) is 2.31. The number of aryl methyl sites for hydroxylation is 1. The summed E-state index contributed by atoms with van der Waals surface area (Å²) in [5, 5.41) is 10.6. The number of pyridine rings is 1. The van der Waals surface area contributed by atoms with Crippen LogP contribution in [0.15, 0.2) is 6.07 Å². The normalized spacial score (nSPS) is 11.1. The Balaban J connectivity index is 3.32. The van der Waals surface area contributed by atoms with Crippen LogP contribution in [0.1, 0.15) is 11.3 Å². The standard InChI is InChI=1S/C10H9F3N2O5/c1-5-3-7(15(17)18)14-6(4-8(16)19-2)9(5)20-10(11,12)13/h3H,4H2,1-2H3. The summed E-state index contributed by atoms with van der Waals surface area (Å²) in [7, 11) is 1.02. The lowest BCUT2D eigenvalue weighted by molar-refractivity contribution is -0.389. The van der Waals surface area contributed by atoms with E-state index in [4.69, 9.17) is 0 Å². The highest BCUT2D eigenvalue weighted by atomic mass is 19.4. The molecule has 0 saturated carbocycles. The number of esters is 1. The number of halogens is 3. The van der Waals surface area contributed by atoms with Crippen molar-refractivity contribution in [3.8, 4) is 5.75 Å². The third-order valence-electron chi connectivity index (χ3n) is 2.16. The van der Waals surface area contributed by atoms with Crippen molar-refractivity contribution in [3.05, 3.63) is 27.4 Å². The Hall–Kier alpha value is -2.39.